The van der Waals surface area contributed by atoms with E-state index in [-0.39, 0.29) is 0 Å². The third kappa shape index (κ3) is 3.25. The maximum Gasteiger partial charge on any atom is 0.0774 e. The van der Waals surface area contributed by atoms with Gasteiger partial charge in [-0.3, -0.25) is 9.88 Å². The van der Waals surface area contributed by atoms with Gasteiger partial charge in [0.25, 0.3) is 0 Å². The first-order valence-electron chi connectivity index (χ1n) is 7.03. The molecule has 1 heterocycles. The second kappa shape index (κ2) is 5.47. The first-order chi connectivity index (χ1) is 8.91. The van der Waals surface area contributed by atoms with Crippen LogP contribution in [-0.2, 0) is 6.54 Å². The van der Waals surface area contributed by atoms with Gasteiger partial charge in [-0.15, -0.1) is 0 Å². The van der Waals surface area contributed by atoms with E-state index in [9.17, 15) is 5.11 Å². The molecule has 0 bridgehead atoms. The summed E-state index contributed by atoms with van der Waals surface area (Å²) in [6.45, 7) is 5.44. The van der Waals surface area contributed by atoms with Gasteiger partial charge < -0.3 is 10.8 Å². The highest BCUT2D eigenvalue weighted by atomic mass is 16.3. The molecule has 1 aliphatic rings. The number of aliphatic hydroxyl groups is 1. The molecule has 0 atom stereocenters. The summed E-state index contributed by atoms with van der Waals surface area (Å²) in [7, 11) is 2.04. The number of nitrogens with two attached hydrogens (primary N) is 1. The lowest BCUT2D eigenvalue weighted by atomic mass is 10.0. The van der Waals surface area contributed by atoms with Gasteiger partial charge in [-0.2, -0.15) is 0 Å². The molecule has 1 fully saturated rings. The van der Waals surface area contributed by atoms with Crippen LogP contribution in [-0.4, -0.2) is 34.2 Å². The number of hydrogen-bond acceptors (Lipinski definition) is 4. The molecule has 0 spiro atoms. The van der Waals surface area contributed by atoms with Gasteiger partial charge in [-0.25, -0.2) is 0 Å². The molecule has 0 amide bonds. The number of aromatic nitrogens is 1. The summed E-state index contributed by atoms with van der Waals surface area (Å²) in [5.41, 5.74) is 9.46. The van der Waals surface area contributed by atoms with Crippen LogP contribution in [0, 0.1) is 13.8 Å². The summed E-state index contributed by atoms with van der Waals surface area (Å²) >= 11 is 0. The molecular formula is C15H25N3O. The van der Waals surface area contributed by atoms with Crippen molar-refractivity contribution >= 4 is 5.69 Å². The standard InChI is InChI=1S/C15H25N3O/c1-11-8-17-13(12(2)14(11)16)9-18(3)10-15(19)6-4-5-7-15/h8,19H,4-7,9-10H2,1-3H3,(H2,16,17). The summed E-state index contributed by atoms with van der Waals surface area (Å²) < 4.78 is 0. The predicted molar refractivity (Wildman–Crippen MR) is 77.9 cm³/mol. The Morgan fingerprint density at radius 3 is 2.63 bits per heavy atom. The highest BCUT2D eigenvalue weighted by molar-refractivity contribution is 5.53. The third-order valence-corrected chi connectivity index (χ3v) is 4.19. The fraction of sp³-hybridized carbons (Fsp3) is 0.667. The monoisotopic (exact) mass is 263 g/mol. The minimum absolute atomic E-state index is 0.501. The van der Waals surface area contributed by atoms with Gasteiger partial charge in [-0.1, -0.05) is 12.8 Å². The number of hydrogen-bond donors (Lipinski definition) is 2. The highest BCUT2D eigenvalue weighted by Gasteiger charge is 2.32. The molecule has 106 valence electrons. The first-order valence-corrected chi connectivity index (χ1v) is 7.03. The van der Waals surface area contributed by atoms with Crippen molar-refractivity contribution in [3.63, 3.8) is 0 Å². The van der Waals surface area contributed by atoms with E-state index in [0.29, 0.717) is 6.54 Å². The Morgan fingerprint density at radius 2 is 2.00 bits per heavy atom. The van der Waals surface area contributed by atoms with Crippen LogP contribution in [0.25, 0.3) is 0 Å². The Morgan fingerprint density at radius 1 is 1.37 bits per heavy atom. The van der Waals surface area contributed by atoms with Crippen molar-refractivity contribution in [2.24, 2.45) is 0 Å². The van der Waals surface area contributed by atoms with E-state index in [1.54, 1.807) is 0 Å². The van der Waals surface area contributed by atoms with Crippen molar-refractivity contribution < 1.29 is 5.11 Å². The van der Waals surface area contributed by atoms with Crippen LogP contribution in [0.2, 0.25) is 0 Å². The topological polar surface area (TPSA) is 62.4 Å². The van der Waals surface area contributed by atoms with E-state index in [0.717, 1.165) is 54.7 Å². The van der Waals surface area contributed by atoms with Gasteiger partial charge in [0.15, 0.2) is 0 Å². The molecule has 3 N–H and O–H groups in total. The molecule has 0 aliphatic heterocycles. The maximum atomic E-state index is 10.4. The number of likely N-dealkylation sites (N-methyl/N-ethyl adjacent to an activating group) is 1. The van der Waals surface area contributed by atoms with Crippen molar-refractivity contribution in [3.8, 4) is 0 Å². The lowest BCUT2D eigenvalue weighted by Crippen LogP contribution is -2.39. The zero-order valence-corrected chi connectivity index (χ0v) is 12.2. The summed E-state index contributed by atoms with van der Waals surface area (Å²) in [4.78, 5) is 6.62. The third-order valence-electron chi connectivity index (χ3n) is 4.19. The number of aryl methyl sites for hydroxylation is 1. The fourth-order valence-electron chi connectivity index (χ4n) is 2.96. The second-order valence-electron chi connectivity index (χ2n) is 6.03. The number of nitrogen functional groups attached to an aromatic ring is 1. The average molecular weight is 263 g/mol. The Labute approximate surface area is 115 Å². The van der Waals surface area contributed by atoms with Crippen molar-refractivity contribution in [2.45, 2.75) is 51.7 Å². The van der Waals surface area contributed by atoms with Crippen LogP contribution in [0.3, 0.4) is 0 Å². The van der Waals surface area contributed by atoms with Gasteiger partial charge in [0.1, 0.15) is 0 Å². The number of pyridine rings is 1. The molecule has 19 heavy (non-hydrogen) atoms. The summed E-state index contributed by atoms with van der Waals surface area (Å²) in [6, 6.07) is 0. The number of rotatable bonds is 4. The van der Waals surface area contributed by atoms with Crippen molar-refractivity contribution in [1.82, 2.24) is 9.88 Å². The fourth-order valence-corrected chi connectivity index (χ4v) is 2.96. The van der Waals surface area contributed by atoms with Gasteiger partial charge >= 0.3 is 0 Å². The van der Waals surface area contributed by atoms with E-state index in [2.05, 4.69) is 9.88 Å². The molecule has 2 rings (SSSR count). The number of nitrogens with zero attached hydrogens (tertiary/aromatic N) is 2. The molecule has 1 saturated carbocycles. The molecule has 1 aromatic heterocycles. The van der Waals surface area contributed by atoms with Gasteiger partial charge in [0.05, 0.1) is 11.3 Å². The Hall–Kier alpha value is -1.13. The zero-order valence-electron chi connectivity index (χ0n) is 12.2. The van der Waals surface area contributed by atoms with Crippen LogP contribution in [0.15, 0.2) is 6.20 Å². The zero-order chi connectivity index (χ0) is 14.0. The molecule has 1 aliphatic carbocycles. The van der Waals surface area contributed by atoms with Crippen molar-refractivity contribution in [2.75, 3.05) is 19.3 Å². The lowest BCUT2D eigenvalue weighted by molar-refractivity contribution is 0.0142. The first kappa shape index (κ1) is 14.3. The molecule has 4 heteroatoms. The van der Waals surface area contributed by atoms with Crippen molar-refractivity contribution in [1.29, 1.82) is 0 Å². The minimum Gasteiger partial charge on any atom is -0.398 e. The summed E-state index contributed by atoms with van der Waals surface area (Å²) in [6.07, 6.45) is 5.94. The normalized spacial score (nSPS) is 18.2. The quantitative estimate of drug-likeness (QED) is 0.872. The summed E-state index contributed by atoms with van der Waals surface area (Å²) in [5, 5.41) is 10.4. The summed E-state index contributed by atoms with van der Waals surface area (Å²) in [5.74, 6) is 0. The van der Waals surface area contributed by atoms with Gasteiger partial charge in [0.2, 0.25) is 0 Å². The van der Waals surface area contributed by atoms with Crippen LogP contribution >= 0.6 is 0 Å². The second-order valence-corrected chi connectivity index (χ2v) is 6.03. The van der Waals surface area contributed by atoms with E-state index in [4.69, 9.17) is 5.73 Å². The van der Waals surface area contributed by atoms with Crippen molar-refractivity contribution in [3.05, 3.63) is 23.0 Å². The van der Waals surface area contributed by atoms with E-state index in [1.165, 1.54) is 0 Å². The maximum absolute atomic E-state index is 10.4. The van der Waals surface area contributed by atoms with Crippen LogP contribution in [0.5, 0.6) is 0 Å². The minimum atomic E-state index is -0.501. The molecule has 0 unspecified atom stereocenters. The Kier molecular flexibility index (Phi) is 4.11. The largest absolute Gasteiger partial charge is 0.398 e. The number of anilines is 1. The SMILES string of the molecule is Cc1cnc(CN(C)CC2(O)CCCC2)c(C)c1N. The van der Waals surface area contributed by atoms with E-state index >= 15 is 0 Å². The highest BCUT2D eigenvalue weighted by Crippen LogP contribution is 2.30. The molecule has 0 aromatic carbocycles. The molecule has 4 nitrogen and oxygen atoms in total. The van der Waals surface area contributed by atoms with E-state index < -0.39 is 5.60 Å². The smallest absolute Gasteiger partial charge is 0.0774 e. The Balaban J connectivity index is 2.03. The molecule has 1 aromatic rings. The van der Waals surface area contributed by atoms with Crippen LogP contribution in [0.4, 0.5) is 5.69 Å². The van der Waals surface area contributed by atoms with Crippen LogP contribution < -0.4 is 5.73 Å². The molecule has 0 radical (unpaired) electrons. The van der Waals surface area contributed by atoms with Gasteiger partial charge in [-0.05, 0) is 44.9 Å². The lowest BCUT2D eigenvalue weighted by Gasteiger charge is -2.28. The van der Waals surface area contributed by atoms with Gasteiger partial charge in [0, 0.05) is 25.0 Å². The molecule has 0 saturated heterocycles. The average Bonchev–Trinajstić information content (AvgIpc) is 2.76. The van der Waals surface area contributed by atoms with E-state index in [1.807, 2.05) is 27.1 Å². The molecular weight excluding hydrogens is 238 g/mol. The predicted octanol–water partition coefficient (Wildman–Crippen LogP) is 2.02. The Bertz CT molecular complexity index is 453. The van der Waals surface area contributed by atoms with Crippen LogP contribution in [0.1, 0.15) is 42.5 Å².